The van der Waals surface area contributed by atoms with Crippen molar-refractivity contribution in [2.45, 2.75) is 6.18 Å². The summed E-state index contributed by atoms with van der Waals surface area (Å²) in [6, 6.07) is 7.01. The van der Waals surface area contributed by atoms with Gasteiger partial charge >= 0.3 is 6.18 Å². The number of ether oxygens (including phenoxy) is 1. The lowest BCUT2D eigenvalue weighted by Crippen LogP contribution is -2.19. The van der Waals surface area contributed by atoms with Gasteiger partial charge in [-0.2, -0.15) is 13.2 Å². The van der Waals surface area contributed by atoms with Crippen LogP contribution in [0.1, 0.15) is 0 Å². The van der Waals surface area contributed by atoms with Gasteiger partial charge in [-0.3, -0.25) is 0 Å². The SMILES string of the molecule is FC(F)(F)COc1nccc2cccc(Br)c12. The summed E-state index contributed by atoms with van der Waals surface area (Å²) in [4.78, 5) is 3.82. The lowest BCUT2D eigenvalue weighted by molar-refractivity contribution is -0.153. The van der Waals surface area contributed by atoms with Crippen LogP contribution in [0.3, 0.4) is 0 Å². The molecule has 2 aromatic rings. The summed E-state index contributed by atoms with van der Waals surface area (Å²) >= 11 is 3.27. The summed E-state index contributed by atoms with van der Waals surface area (Å²) in [5.74, 6) is -0.0210. The Balaban J connectivity index is 2.40. The number of hydrogen-bond acceptors (Lipinski definition) is 2. The number of nitrogens with zero attached hydrogens (tertiary/aromatic N) is 1. The van der Waals surface area contributed by atoms with Gasteiger partial charge in [0.25, 0.3) is 0 Å². The number of alkyl halides is 3. The van der Waals surface area contributed by atoms with Crippen LogP contribution in [0.2, 0.25) is 0 Å². The van der Waals surface area contributed by atoms with Crippen LogP contribution in [0.4, 0.5) is 13.2 Å². The highest BCUT2D eigenvalue weighted by Crippen LogP contribution is 2.31. The summed E-state index contributed by atoms with van der Waals surface area (Å²) in [5, 5.41) is 1.31. The van der Waals surface area contributed by atoms with Gasteiger partial charge in [0, 0.05) is 10.7 Å². The van der Waals surface area contributed by atoms with E-state index < -0.39 is 12.8 Å². The lowest BCUT2D eigenvalue weighted by atomic mass is 10.2. The van der Waals surface area contributed by atoms with Gasteiger partial charge in [-0.15, -0.1) is 0 Å². The third-order valence-corrected chi connectivity index (χ3v) is 2.74. The molecule has 2 rings (SSSR count). The van der Waals surface area contributed by atoms with Crippen LogP contribution in [-0.4, -0.2) is 17.8 Å². The molecular formula is C11H7BrF3NO. The van der Waals surface area contributed by atoms with Gasteiger partial charge in [-0.25, -0.2) is 4.98 Å². The van der Waals surface area contributed by atoms with Gasteiger partial charge in [0.1, 0.15) is 0 Å². The normalized spacial score (nSPS) is 11.8. The van der Waals surface area contributed by atoms with Crippen LogP contribution in [0, 0.1) is 0 Å². The second kappa shape index (κ2) is 4.52. The molecule has 1 aromatic carbocycles. The molecule has 0 spiro atoms. The molecule has 0 saturated carbocycles. The average molecular weight is 306 g/mol. The quantitative estimate of drug-likeness (QED) is 0.838. The maximum Gasteiger partial charge on any atom is 0.422 e. The number of fused-ring (bicyclic) bond motifs is 1. The minimum absolute atomic E-state index is 0.0210. The number of hydrogen-bond donors (Lipinski definition) is 0. The molecule has 1 heterocycles. The number of pyridine rings is 1. The average Bonchev–Trinajstić information content (AvgIpc) is 2.25. The Kier molecular flexibility index (Phi) is 3.24. The Labute approximate surface area is 104 Å². The van der Waals surface area contributed by atoms with E-state index in [1.54, 1.807) is 24.3 Å². The summed E-state index contributed by atoms with van der Waals surface area (Å²) in [6.07, 6.45) is -2.95. The molecular weight excluding hydrogens is 299 g/mol. The maximum atomic E-state index is 12.1. The molecule has 0 amide bonds. The Hall–Kier alpha value is -1.30. The lowest BCUT2D eigenvalue weighted by Gasteiger charge is -2.11. The van der Waals surface area contributed by atoms with Crippen molar-refractivity contribution in [2.24, 2.45) is 0 Å². The Morgan fingerprint density at radius 2 is 2.00 bits per heavy atom. The second-order valence-corrected chi connectivity index (χ2v) is 4.21. The predicted molar refractivity (Wildman–Crippen MR) is 61.0 cm³/mol. The van der Waals surface area contributed by atoms with Crippen LogP contribution in [-0.2, 0) is 0 Å². The molecule has 0 N–H and O–H groups in total. The third kappa shape index (κ3) is 2.88. The fourth-order valence-electron chi connectivity index (χ4n) is 1.41. The topological polar surface area (TPSA) is 22.1 Å². The van der Waals surface area contributed by atoms with E-state index in [9.17, 15) is 13.2 Å². The molecule has 0 radical (unpaired) electrons. The van der Waals surface area contributed by atoms with Gasteiger partial charge in [-0.1, -0.05) is 12.1 Å². The summed E-state index contributed by atoms with van der Waals surface area (Å²) in [7, 11) is 0. The van der Waals surface area contributed by atoms with Crippen LogP contribution in [0.25, 0.3) is 10.8 Å². The number of halogens is 4. The third-order valence-electron chi connectivity index (χ3n) is 2.08. The van der Waals surface area contributed by atoms with E-state index in [2.05, 4.69) is 20.9 Å². The van der Waals surface area contributed by atoms with Crippen molar-refractivity contribution in [3.05, 3.63) is 34.9 Å². The largest absolute Gasteiger partial charge is 0.468 e. The monoisotopic (exact) mass is 305 g/mol. The molecule has 1 aromatic heterocycles. The highest BCUT2D eigenvalue weighted by molar-refractivity contribution is 9.10. The first-order valence-electron chi connectivity index (χ1n) is 4.70. The predicted octanol–water partition coefficient (Wildman–Crippen LogP) is 3.94. The van der Waals surface area contributed by atoms with Gasteiger partial charge in [0.2, 0.25) is 5.88 Å². The molecule has 0 aliphatic rings. The minimum Gasteiger partial charge on any atom is -0.468 e. The molecule has 0 aliphatic heterocycles. The van der Waals surface area contributed by atoms with Crippen molar-refractivity contribution >= 4 is 26.7 Å². The number of aromatic nitrogens is 1. The number of rotatable bonds is 2. The minimum atomic E-state index is -4.37. The molecule has 0 fully saturated rings. The van der Waals surface area contributed by atoms with Crippen molar-refractivity contribution in [1.82, 2.24) is 4.98 Å². The van der Waals surface area contributed by atoms with Crippen LogP contribution >= 0.6 is 15.9 Å². The molecule has 0 saturated heterocycles. The Morgan fingerprint density at radius 3 is 2.71 bits per heavy atom. The molecule has 0 bridgehead atoms. The highest BCUT2D eigenvalue weighted by atomic mass is 79.9. The molecule has 2 nitrogen and oxygen atoms in total. The van der Waals surface area contributed by atoms with E-state index in [0.717, 1.165) is 5.39 Å². The zero-order valence-electron chi connectivity index (χ0n) is 8.46. The fraction of sp³-hybridized carbons (Fsp3) is 0.182. The van der Waals surface area contributed by atoms with E-state index in [1.807, 2.05) is 0 Å². The fourth-order valence-corrected chi connectivity index (χ4v) is 1.97. The summed E-state index contributed by atoms with van der Waals surface area (Å²) < 4.78 is 41.6. The molecule has 0 aliphatic carbocycles. The van der Waals surface area contributed by atoms with Crippen LogP contribution < -0.4 is 4.74 Å². The first-order chi connectivity index (χ1) is 7.97. The van der Waals surface area contributed by atoms with E-state index in [1.165, 1.54) is 6.20 Å². The van der Waals surface area contributed by atoms with E-state index >= 15 is 0 Å². The molecule has 0 atom stereocenters. The number of benzene rings is 1. The zero-order valence-corrected chi connectivity index (χ0v) is 10.0. The van der Waals surface area contributed by atoms with Crippen molar-refractivity contribution in [3.63, 3.8) is 0 Å². The van der Waals surface area contributed by atoms with E-state index in [0.29, 0.717) is 9.86 Å². The zero-order chi connectivity index (χ0) is 12.5. The maximum absolute atomic E-state index is 12.1. The molecule has 0 unspecified atom stereocenters. The summed E-state index contributed by atoms with van der Waals surface area (Å²) in [6.45, 7) is -1.35. The molecule has 90 valence electrons. The van der Waals surface area contributed by atoms with Gasteiger partial charge in [0.05, 0.1) is 5.39 Å². The van der Waals surface area contributed by atoms with E-state index in [4.69, 9.17) is 4.74 Å². The first-order valence-corrected chi connectivity index (χ1v) is 5.49. The Morgan fingerprint density at radius 1 is 1.24 bits per heavy atom. The standard InChI is InChI=1S/C11H7BrF3NO/c12-8-3-1-2-7-4-5-16-10(9(7)8)17-6-11(13,14)15/h1-5H,6H2. The van der Waals surface area contributed by atoms with Crippen molar-refractivity contribution < 1.29 is 17.9 Å². The van der Waals surface area contributed by atoms with Crippen molar-refractivity contribution in [1.29, 1.82) is 0 Å². The van der Waals surface area contributed by atoms with Gasteiger partial charge < -0.3 is 4.74 Å². The van der Waals surface area contributed by atoms with Crippen LogP contribution in [0.5, 0.6) is 5.88 Å². The smallest absolute Gasteiger partial charge is 0.422 e. The van der Waals surface area contributed by atoms with E-state index in [-0.39, 0.29) is 5.88 Å². The first kappa shape index (κ1) is 12.2. The molecule has 17 heavy (non-hydrogen) atoms. The second-order valence-electron chi connectivity index (χ2n) is 3.36. The van der Waals surface area contributed by atoms with Crippen molar-refractivity contribution in [2.75, 3.05) is 6.61 Å². The van der Waals surface area contributed by atoms with Gasteiger partial charge in [0.15, 0.2) is 6.61 Å². The highest BCUT2D eigenvalue weighted by Gasteiger charge is 2.29. The van der Waals surface area contributed by atoms with Crippen molar-refractivity contribution in [3.8, 4) is 5.88 Å². The Bertz CT molecular complexity index is 536. The molecule has 6 heteroatoms. The van der Waals surface area contributed by atoms with Crippen LogP contribution in [0.15, 0.2) is 34.9 Å². The summed E-state index contributed by atoms with van der Waals surface area (Å²) in [5.41, 5.74) is 0. The van der Waals surface area contributed by atoms with Gasteiger partial charge in [-0.05, 0) is 33.4 Å².